The number of hydrogen-bond donors (Lipinski definition) is 3. The SMILES string of the molecule is CCCCN/C=N\C(C(=O)NCC(C)CN1CCc2ccccc2C1)=C(\C)CN. The monoisotopic (exact) mass is 399 g/mol. The quantitative estimate of drug-likeness (QED) is 0.231. The average Bonchev–Trinajstić information content (AvgIpc) is 2.74. The van der Waals surface area contributed by atoms with Crippen LogP contribution in [-0.2, 0) is 17.8 Å². The molecule has 160 valence electrons. The van der Waals surface area contributed by atoms with E-state index < -0.39 is 0 Å². The second kappa shape index (κ2) is 12.4. The summed E-state index contributed by atoms with van der Waals surface area (Å²) in [6, 6.07) is 8.66. The van der Waals surface area contributed by atoms with Gasteiger partial charge in [0.25, 0.3) is 5.91 Å². The first-order chi connectivity index (χ1) is 14.0. The number of unbranched alkanes of at least 4 members (excludes halogenated alkanes) is 1. The summed E-state index contributed by atoms with van der Waals surface area (Å²) in [5, 5.41) is 6.16. The van der Waals surface area contributed by atoms with Gasteiger partial charge in [0.1, 0.15) is 5.70 Å². The van der Waals surface area contributed by atoms with Crippen LogP contribution in [-0.4, -0.2) is 49.9 Å². The molecule has 0 bridgehead atoms. The van der Waals surface area contributed by atoms with Crippen molar-refractivity contribution in [2.24, 2.45) is 16.6 Å². The Bertz CT molecular complexity index is 713. The summed E-state index contributed by atoms with van der Waals surface area (Å²) < 4.78 is 0. The van der Waals surface area contributed by atoms with E-state index in [0.717, 1.165) is 51.0 Å². The van der Waals surface area contributed by atoms with Gasteiger partial charge in [0.05, 0.1) is 6.34 Å². The maximum absolute atomic E-state index is 12.6. The van der Waals surface area contributed by atoms with E-state index in [1.165, 1.54) is 11.1 Å². The summed E-state index contributed by atoms with van der Waals surface area (Å²) in [6.45, 7) is 11.0. The van der Waals surface area contributed by atoms with Gasteiger partial charge in [0.2, 0.25) is 0 Å². The Morgan fingerprint density at radius 3 is 2.83 bits per heavy atom. The highest BCUT2D eigenvalue weighted by molar-refractivity contribution is 5.95. The minimum Gasteiger partial charge on any atom is -0.376 e. The van der Waals surface area contributed by atoms with Crippen molar-refractivity contribution >= 4 is 12.2 Å². The van der Waals surface area contributed by atoms with Crippen LogP contribution in [0.5, 0.6) is 0 Å². The minimum atomic E-state index is -0.155. The van der Waals surface area contributed by atoms with Gasteiger partial charge in [-0.2, -0.15) is 0 Å². The van der Waals surface area contributed by atoms with E-state index >= 15 is 0 Å². The number of rotatable bonds is 11. The third kappa shape index (κ3) is 7.63. The molecule has 1 aromatic rings. The maximum atomic E-state index is 12.6. The van der Waals surface area contributed by atoms with Gasteiger partial charge in [-0.15, -0.1) is 0 Å². The van der Waals surface area contributed by atoms with Crippen molar-refractivity contribution in [2.45, 2.75) is 46.6 Å². The van der Waals surface area contributed by atoms with Gasteiger partial charge < -0.3 is 16.4 Å². The standard InChI is InChI=1S/C23H37N5O/c1-4-5-11-25-17-27-22(19(3)13-24)23(29)26-14-18(2)15-28-12-10-20-8-6-7-9-21(20)16-28/h6-9,17-18H,4-5,10-16,24H2,1-3H3,(H,25,27)(H,26,29)/b22-19-. The molecule has 29 heavy (non-hydrogen) atoms. The van der Waals surface area contributed by atoms with E-state index in [0.29, 0.717) is 24.7 Å². The number of nitrogens with one attached hydrogen (secondary N) is 2. The van der Waals surface area contributed by atoms with Crippen molar-refractivity contribution in [2.75, 3.05) is 32.7 Å². The molecule has 0 aromatic heterocycles. The fourth-order valence-corrected chi connectivity index (χ4v) is 3.48. The predicted molar refractivity (Wildman–Crippen MR) is 121 cm³/mol. The highest BCUT2D eigenvalue weighted by Gasteiger charge is 2.18. The third-order valence-electron chi connectivity index (χ3n) is 5.28. The van der Waals surface area contributed by atoms with E-state index in [9.17, 15) is 4.79 Å². The van der Waals surface area contributed by atoms with Gasteiger partial charge in [-0.1, -0.05) is 44.5 Å². The van der Waals surface area contributed by atoms with Gasteiger partial charge in [-0.25, -0.2) is 4.99 Å². The first-order valence-electron chi connectivity index (χ1n) is 10.8. The molecule has 1 aliphatic heterocycles. The molecule has 2 rings (SSSR count). The van der Waals surface area contributed by atoms with Crippen LogP contribution in [0.4, 0.5) is 0 Å². The lowest BCUT2D eigenvalue weighted by Crippen LogP contribution is -2.38. The van der Waals surface area contributed by atoms with Crippen molar-refractivity contribution in [1.82, 2.24) is 15.5 Å². The van der Waals surface area contributed by atoms with Gasteiger partial charge in [0.15, 0.2) is 0 Å². The lowest BCUT2D eigenvalue weighted by molar-refractivity contribution is -0.117. The number of benzene rings is 1. The molecule has 0 radical (unpaired) electrons. The first-order valence-corrected chi connectivity index (χ1v) is 10.8. The molecular weight excluding hydrogens is 362 g/mol. The summed E-state index contributed by atoms with van der Waals surface area (Å²) >= 11 is 0. The Morgan fingerprint density at radius 1 is 1.34 bits per heavy atom. The third-order valence-corrected chi connectivity index (χ3v) is 5.28. The molecule has 1 aliphatic rings. The van der Waals surface area contributed by atoms with Crippen molar-refractivity contribution in [3.8, 4) is 0 Å². The molecule has 1 amide bonds. The van der Waals surface area contributed by atoms with Crippen LogP contribution in [0.15, 0.2) is 40.5 Å². The van der Waals surface area contributed by atoms with Gasteiger partial charge >= 0.3 is 0 Å². The van der Waals surface area contributed by atoms with Crippen LogP contribution in [0.3, 0.4) is 0 Å². The number of fused-ring (bicyclic) bond motifs is 1. The van der Waals surface area contributed by atoms with Crippen LogP contribution in [0.25, 0.3) is 0 Å². The molecule has 4 N–H and O–H groups in total. The second-order valence-electron chi connectivity index (χ2n) is 7.97. The van der Waals surface area contributed by atoms with E-state index in [4.69, 9.17) is 5.73 Å². The summed E-state index contributed by atoms with van der Waals surface area (Å²) in [4.78, 5) is 19.4. The number of hydrogen-bond acceptors (Lipinski definition) is 4. The van der Waals surface area contributed by atoms with Crippen LogP contribution in [0, 0.1) is 5.92 Å². The Kier molecular flexibility index (Phi) is 9.88. The molecule has 0 spiro atoms. The molecule has 0 fully saturated rings. The highest BCUT2D eigenvalue weighted by Crippen LogP contribution is 2.19. The van der Waals surface area contributed by atoms with Crippen molar-refractivity contribution < 1.29 is 4.79 Å². The minimum absolute atomic E-state index is 0.155. The summed E-state index contributed by atoms with van der Waals surface area (Å²) in [5.74, 6) is 0.202. The lowest BCUT2D eigenvalue weighted by Gasteiger charge is -2.30. The van der Waals surface area contributed by atoms with E-state index in [-0.39, 0.29) is 5.91 Å². The number of aliphatic imine (C=N–C) groups is 1. The molecule has 1 atom stereocenters. The van der Waals surface area contributed by atoms with Crippen molar-refractivity contribution in [3.05, 3.63) is 46.7 Å². The topological polar surface area (TPSA) is 82.8 Å². The molecule has 0 saturated heterocycles. The Labute approximate surface area is 175 Å². The van der Waals surface area contributed by atoms with E-state index in [2.05, 4.69) is 58.6 Å². The number of carbonyl (C=O) groups is 1. The van der Waals surface area contributed by atoms with Crippen LogP contribution in [0.1, 0.15) is 44.7 Å². The molecule has 1 heterocycles. The van der Waals surface area contributed by atoms with Crippen molar-refractivity contribution in [1.29, 1.82) is 0 Å². The van der Waals surface area contributed by atoms with Gasteiger partial charge in [-0.05, 0) is 42.4 Å². The fourth-order valence-electron chi connectivity index (χ4n) is 3.48. The van der Waals surface area contributed by atoms with Crippen molar-refractivity contribution in [3.63, 3.8) is 0 Å². The lowest BCUT2D eigenvalue weighted by atomic mass is 9.99. The normalized spacial score (nSPS) is 16.3. The zero-order chi connectivity index (χ0) is 21.1. The largest absolute Gasteiger partial charge is 0.376 e. The zero-order valence-electron chi connectivity index (χ0n) is 18.2. The second-order valence-corrected chi connectivity index (χ2v) is 7.97. The highest BCUT2D eigenvalue weighted by atomic mass is 16.2. The molecule has 6 heteroatoms. The zero-order valence-corrected chi connectivity index (χ0v) is 18.2. The summed E-state index contributed by atoms with van der Waals surface area (Å²) in [5.41, 5.74) is 9.82. The average molecular weight is 400 g/mol. The Balaban J connectivity index is 1.82. The maximum Gasteiger partial charge on any atom is 0.269 e. The molecule has 0 aliphatic carbocycles. The van der Waals surface area contributed by atoms with E-state index in [1.807, 2.05) is 6.92 Å². The number of carbonyl (C=O) groups excluding carboxylic acids is 1. The molecule has 1 unspecified atom stereocenters. The van der Waals surface area contributed by atoms with Crippen LogP contribution < -0.4 is 16.4 Å². The van der Waals surface area contributed by atoms with Crippen LogP contribution in [0.2, 0.25) is 0 Å². The predicted octanol–water partition coefficient (Wildman–Crippen LogP) is 2.45. The number of nitrogens with zero attached hydrogens (tertiary/aromatic N) is 2. The van der Waals surface area contributed by atoms with Gasteiger partial charge in [0, 0.05) is 39.3 Å². The molecule has 0 saturated carbocycles. The fraction of sp³-hybridized carbons (Fsp3) is 0.565. The summed E-state index contributed by atoms with van der Waals surface area (Å²) in [6.07, 6.45) is 4.90. The smallest absolute Gasteiger partial charge is 0.269 e. The molecule has 1 aromatic carbocycles. The van der Waals surface area contributed by atoms with Gasteiger partial charge in [-0.3, -0.25) is 9.69 Å². The number of amides is 1. The number of nitrogens with two attached hydrogens (primary N) is 1. The molecular formula is C23H37N5O. The Morgan fingerprint density at radius 2 is 2.10 bits per heavy atom. The Hall–Kier alpha value is -2.18. The summed E-state index contributed by atoms with van der Waals surface area (Å²) in [7, 11) is 0. The van der Waals surface area contributed by atoms with Crippen LogP contribution >= 0.6 is 0 Å². The van der Waals surface area contributed by atoms with E-state index in [1.54, 1.807) is 6.34 Å². The molecule has 6 nitrogen and oxygen atoms in total. The first kappa shape index (κ1) is 23.1.